The predicted molar refractivity (Wildman–Crippen MR) is 102 cm³/mol. The number of aromatic hydroxyl groups is 1. The van der Waals surface area contributed by atoms with Gasteiger partial charge >= 0.3 is 5.97 Å². The largest absolute Gasteiger partial charge is 0.492 e. The molecule has 3 heterocycles. The number of thiazole rings is 1. The summed E-state index contributed by atoms with van der Waals surface area (Å²) in [5, 5.41) is 15.0. The molecule has 0 spiro atoms. The van der Waals surface area contributed by atoms with E-state index < -0.39 is 0 Å². The second-order valence-electron chi connectivity index (χ2n) is 6.93. The van der Waals surface area contributed by atoms with E-state index in [0.29, 0.717) is 41.6 Å². The second-order valence-corrected chi connectivity index (χ2v) is 7.94. The number of ether oxygens (including phenoxy) is 1. The van der Waals surface area contributed by atoms with E-state index in [4.69, 9.17) is 4.74 Å². The monoisotopic (exact) mass is 404 g/mol. The molecule has 1 atom stereocenters. The number of hydrogen-bond acceptors (Lipinski definition) is 7. The van der Waals surface area contributed by atoms with Crippen LogP contribution in [0.2, 0.25) is 0 Å². The van der Waals surface area contributed by atoms with E-state index in [1.807, 2.05) is 6.07 Å². The number of esters is 1. The van der Waals surface area contributed by atoms with Gasteiger partial charge in [-0.15, -0.1) is 5.10 Å². The zero-order valence-electron chi connectivity index (χ0n) is 15.6. The standard InChI is InChI=1S/C19H21FN4O3S/c1-11-21-19-24(22-11)17(25)16(28-19)15(13-4-3-5-14(20)10-13)23-8-6-12(7-9-23)18(26)27-2/h3-5,10,12,15,25H,6-9H2,1-2H3/t15-/m0/s1. The van der Waals surface area contributed by atoms with E-state index in [-0.39, 0.29) is 29.6 Å². The number of likely N-dealkylation sites (tertiary alicyclic amines) is 1. The molecule has 1 N–H and O–H groups in total. The van der Waals surface area contributed by atoms with Crippen LogP contribution in [0.3, 0.4) is 0 Å². The van der Waals surface area contributed by atoms with Crippen LogP contribution < -0.4 is 0 Å². The lowest BCUT2D eigenvalue weighted by Gasteiger charge is -2.36. The molecule has 4 rings (SSSR count). The van der Waals surface area contributed by atoms with Gasteiger partial charge in [-0.2, -0.15) is 4.52 Å². The lowest BCUT2D eigenvalue weighted by molar-refractivity contribution is -0.147. The number of aryl methyl sites for hydroxylation is 1. The molecule has 0 radical (unpaired) electrons. The Bertz CT molecular complexity index is 1010. The van der Waals surface area contributed by atoms with Crippen LogP contribution >= 0.6 is 11.3 Å². The summed E-state index contributed by atoms with van der Waals surface area (Å²) in [5.41, 5.74) is 0.744. The third kappa shape index (κ3) is 3.35. The van der Waals surface area contributed by atoms with E-state index in [0.717, 1.165) is 5.56 Å². The quantitative estimate of drug-likeness (QED) is 0.674. The van der Waals surface area contributed by atoms with Crippen molar-refractivity contribution >= 4 is 22.3 Å². The Labute approximate surface area is 165 Å². The zero-order valence-corrected chi connectivity index (χ0v) is 16.4. The second kappa shape index (κ2) is 7.48. The first kappa shape index (κ1) is 18.8. The number of fused-ring (bicyclic) bond motifs is 1. The van der Waals surface area contributed by atoms with Crippen molar-refractivity contribution in [3.63, 3.8) is 0 Å². The highest BCUT2D eigenvalue weighted by molar-refractivity contribution is 7.17. The van der Waals surface area contributed by atoms with Crippen molar-refractivity contribution in [2.75, 3.05) is 20.2 Å². The highest BCUT2D eigenvalue weighted by atomic mass is 32.1. The molecule has 0 aliphatic carbocycles. The molecule has 7 nitrogen and oxygen atoms in total. The van der Waals surface area contributed by atoms with Crippen LogP contribution in [0, 0.1) is 18.7 Å². The van der Waals surface area contributed by atoms with Gasteiger partial charge in [-0.1, -0.05) is 23.5 Å². The van der Waals surface area contributed by atoms with E-state index in [2.05, 4.69) is 15.0 Å². The SMILES string of the molecule is COC(=O)C1CCN([C@@H](c2cccc(F)c2)c2sc3nc(C)nn3c2O)CC1. The van der Waals surface area contributed by atoms with Gasteiger partial charge in [-0.25, -0.2) is 9.37 Å². The maximum absolute atomic E-state index is 14.0. The summed E-state index contributed by atoms with van der Waals surface area (Å²) in [6.45, 7) is 3.03. The van der Waals surface area contributed by atoms with E-state index in [9.17, 15) is 14.3 Å². The molecule has 1 fully saturated rings. The summed E-state index contributed by atoms with van der Waals surface area (Å²) in [6, 6.07) is 6.05. The molecular formula is C19H21FN4O3S. The molecule has 1 aliphatic rings. The molecule has 148 valence electrons. The predicted octanol–water partition coefficient (Wildman–Crippen LogP) is 2.92. The average Bonchev–Trinajstić information content (AvgIpc) is 3.19. The van der Waals surface area contributed by atoms with Crippen molar-refractivity contribution in [2.24, 2.45) is 5.92 Å². The summed E-state index contributed by atoms with van der Waals surface area (Å²) in [4.78, 5) is 19.6. The van der Waals surface area contributed by atoms with Gasteiger partial charge in [-0.05, 0) is 50.6 Å². The van der Waals surface area contributed by atoms with Gasteiger partial charge in [0.1, 0.15) is 11.6 Å². The van der Waals surface area contributed by atoms with Gasteiger partial charge in [0.15, 0.2) is 0 Å². The number of rotatable bonds is 4. The maximum Gasteiger partial charge on any atom is 0.308 e. The van der Waals surface area contributed by atoms with Gasteiger partial charge in [0.2, 0.25) is 10.8 Å². The lowest BCUT2D eigenvalue weighted by Crippen LogP contribution is -2.39. The average molecular weight is 404 g/mol. The van der Waals surface area contributed by atoms with E-state index in [1.54, 1.807) is 13.0 Å². The molecule has 0 bridgehead atoms. The number of hydrogen-bond donors (Lipinski definition) is 1. The highest BCUT2D eigenvalue weighted by Gasteiger charge is 2.34. The summed E-state index contributed by atoms with van der Waals surface area (Å²) < 4.78 is 20.2. The molecule has 0 amide bonds. The Morgan fingerprint density at radius 2 is 2.14 bits per heavy atom. The zero-order chi connectivity index (χ0) is 19.8. The number of piperidine rings is 1. The van der Waals surface area contributed by atoms with Crippen LogP contribution in [0.15, 0.2) is 24.3 Å². The minimum Gasteiger partial charge on any atom is -0.492 e. The molecular weight excluding hydrogens is 383 g/mol. The fraction of sp³-hybridized carbons (Fsp3) is 0.421. The smallest absolute Gasteiger partial charge is 0.308 e. The summed E-state index contributed by atoms with van der Waals surface area (Å²) in [6.07, 6.45) is 1.30. The van der Waals surface area contributed by atoms with Crippen molar-refractivity contribution in [3.05, 3.63) is 46.3 Å². The van der Waals surface area contributed by atoms with Gasteiger partial charge in [-0.3, -0.25) is 9.69 Å². The number of halogens is 1. The third-order valence-electron chi connectivity index (χ3n) is 5.15. The van der Waals surface area contributed by atoms with E-state index >= 15 is 0 Å². The number of methoxy groups -OCH3 is 1. The van der Waals surface area contributed by atoms with Crippen LogP contribution in [0.4, 0.5) is 4.39 Å². The molecule has 9 heteroatoms. The molecule has 1 saturated heterocycles. The lowest BCUT2D eigenvalue weighted by atomic mass is 9.93. The van der Waals surface area contributed by atoms with Crippen molar-refractivity contribution in [2.45, 2.75) is 25.8 Å². The Hall–Kier alpha value is -2.52. The molecule has 2 aromatic heterocycles. The van der Waals surface area contributed by atoms with Gasteiger partial charge in [0.05, 0.1) is 23.9 Å². The van der Waals surface area contributed by atoms with Crippen molar-refractivity contribution < 1.29 is 19.0 Å². The van der Waals surface area contributed by atoms with E-state index in [1.165, 1.54) is 35.1 Å². The fourth-order valence-electron chi connectivity index (χ4n) is 3.79. The number of nitrogens with zero attached hydrogens (tertiary/aromatic N) is 4. The molecule has 1 aliphatic heterocycles. The van der Waals surface area contributed by atoms with Gasteiger partial charge < -0.3 is 9.84 Å². The van der Waals surface area contributed by atoms with Gasteiger partial charge in [0, 0.05) is 0 Å². The maximum atomic E-state index is 14.0. The number of benzene rings is 1. The van der Waals surface area contributed by atoms with Gasteiger partial charge in [0.25, 0.3) is 0 Å². The van der Waals surface area contributed by atoms with Crippen LogP contribution in [0.5, 0.6) is 5.88 Å². The Morgan fingerprint density at radius 1 is 1.39 bits per heavy atom. The Morgan fingerprint density at radius 3 is 2.79 bits per heavy atom. The molecule has 0 unspecified atom stereocenters. The summed E-state index contributed by atoms with van der Waals surface area (Å²) in [7, 11) is 1.40. The fourth-order valence-corrected chi connectivity index (χ4v) is 4.95. The Kier molecular flexibility index (Phi) is 5.03. The number of carbonyl (C=O) groups excluding carboxylic acids is 1. The van der Waals surface area contributed by atoms with Crippen molar-refractivity contribution in [1.29, 1.82) is 0 Å². The highest BCUT2D eigenvalue weighted by Crippen LogP contribution is 2.41. The first-order valence-corrected chi connectivity index (χ1v) is 9.92. The third-order valence-corrected chi connectivity index (χ3v) is 6.22. The first-order chi connectivity index (χ1) is 13.5. The topological polar surface area (TPSA) is 80.0 Å². The molecule has 1 aromatic carbocycles. The van der Waals surface area contributed by atoms with Crippen LogP contribution in [0.1, 0.15) is 35.1 Å². The minimum atomic E-state index is -0.344. The van der Waals surface area contributed by atoms with Crippen LogP contribution in [-0.2, 0) is 9.53 Å². The first-order valence-electron chi connectivity index (χ1n) is 9.10. The summed E-state index contributed by atoms with van der Waals surface area (Å²) in [5.74, 6) is -0.0620. The molecule has 28 heavy (non-hydrogen) atoms. The minimum absolute atomic E-state index is 0.0185. The van der Waals surface area contributed by atoms with Crippen LogP contribution in [-0.4, -0.2) is 50.8 Å². The van der Waals surface area contributed by atoms with Crippen molar-refractivity contribution in [3.8, 4) is 5.88 Å². The Balaban J connectivity index is 1.71. The molecule has 0 saturated carbocycles. The van der Waals surface area contributed by atoms with Crippen molar-refractivity contribution in [1.82, 2.24) is 19.5 Å². The number of aromatic nitrogens is 3. The van der Waals surface area contributed by atoms with Crippen LogP contribution in [0.25, 0.3) is 4.96 Å². The summed E-state index contributed by atoms with van der Waals surface area (Å²) >= 11 is 1.34. The normalized spacial score (nSPS) is 17.1. The molecule has 3 aromatic rings. The number of carbonyl (C=O) groups is 1.